The van der Waals surface area contributed by atoms with Crippen molar-refractivity contribution in [3.05, 3.63) is 70.4 Å². The summed E-state index contributed by atoms with van der Waals surface area (Å²) in [6, 6.07) is 12.0. The number of carboxylic acid groups (broad SMARTS) is 1. The Morgan fingerprint density at radius 1 is 0.895 bits per heavy atom. The monoisotopic (exact) mass is 526 g/mol. The van der Waals surface area contributed by atoms with Crippen LogP contribution in [0.1, 0.15) is 98.7 Å². The van der Waals surface area contributed by atoms with Crippen LogP contribution in [0, 0.1) is 5.21 Å². The average Bonchev–Trinajstić information content (AvgIpc) is 2.91. The molecule has 0 fully saturated rings. The van der Waals surface area contributed by atoms with Gasteiger partial charge in [0.2, 0.25) is 0 Å². The molecule has 9 nitrogen and oxygen atoms in total. The molecule has 0 saturated heterocycles. The average molecular weight is 527 g/mol. The number of carbonyl (C=O) groups is 3. The lowest BCUT2D eigenvalue weighted by molar-refractivity contribution is -0.150. The highest BCUT2D eigenvalue weighted by Crippen LogP contribution is 2.22. The fourth-order valence-electron chi connectivity index (χ4n) is 4.30. The summed E-state index contributed by atoms with van der Waals surface area (Å²) in [6.07, 6.45) is 12.5. The molecule has 9 heteroatoms. The summed E-state index contributed by atoms with van der Waals surface area (Å²) < 4.78 is 0. The molecule has 2 amide bonds. The minimum Gasteiger partial charge on any atom is -0.733 e. The van der Waals surface area contributed by atoms with Crippen molar-refractivity contribution in [2.45, 2.75) is 83.6 Å². The van der Waals surface area contributed by atoms with Crippen LogP contribution in [-0.4, -0.2) is 34.6 Å². The van der Waals surface area contributed by atoms with Gasteiger partial charge in [0.25, 0.3) is 5.91 Å². The van der Waals surface area contributed by atoms with E-state index in [9.17, 15) is 19.6 Å². The first-order valence-corrected chi connectivity index (χ1v) is 13.5. The highest BCUT2D eigenvalue weighted by atomic mass is 16.8. The minimum atomic E-state index is -1.62. The fraction of sp³-hybridized carbons (Fsp3) is 0.483. The van der Waals surface area contributed by atoms with Crippen LogP contribution in [0.4, 0.5) is 5.69 Å². The molecule has 0 bridgehead atoms. The molecule has 0 aliphatic rings. The molecule has 0 aromatic heterocycles. The second-order valence-electron chi connectivity index (χ2n) is 9.54. The van der Waals surface area contributed by atoms with Gasteiger partial charge in [-0.3, -0.25) is 14.8 Å². The van der Waals surface area contributed by atoms with Gasteiger partial charge in [0, 0.05) is 12.1 Å². The van der Waals surface area contributed by atoms with Crippen molar-refractivity contribution >= 4 is 23.5 Å². The maximum Gasteiger partial charge on any atom is 0.394 e. The minimum absolute atomic E-state index is 0.00172. The zero-order chi connectivity index (χ0) is 27.8. The third kappa shape index (κ3) is 11.3. The summed E-state index contributed by atoms with van der Waals surface area (Å²) in [5.74, 6) is -2.97. The number of aliphatic carboxylic acids is 1. The first-order valence-electron chi connectivity index (χ1n) is 13.5. The third-order valence-corrected chi connectivity index (χ3v) is 6.46. The van der Waals surface area contributed by atoms with Crippen molar-refractivity contribution in [3.63, 3.8) is 0 Å². The van der Waals surface area contributed by atoms with Crippen molar-refractivity contribution < 1.29 is 24.7 Å². The molecule has 1 atom stereocenters. The molecule has 2 aromatic rings. The second kappa shape index (κ2) is 17.1. The van der Waals surface area contributed by atoms with Gasteiger partial charge < -0.3 is 26.2 Å². The number of anilines is 1. The molecule has 0 radical (unpaired) electrons. The van der Waals surface area contributed by atoms with Crippen molar-refractivity contribution in [3.8, 4) is 0 Å². The largest absolute Gasteiger partial charge is 0.733 e. The number of hydrogen-bond donors (Lipinski definition) is 4. The summed E-state index contributed by atoms with van der Waals surface area (Å²) in [6.45, 7) is 2.83. The number of amides is 2. The summed E-state index contributed by atoms with van der Waals surface area (Å²) >= 11 is 0. The van der Waals surface area contributed by atoms with Crippen LogP contribution in [0.15, 0.2) is 48.5 Å². The van der Waals surface area contributed by atoms with Gasteiger partial charge >= 0.3 is 11.9 Å². The van der Waals surface area contributed by atoms with E-state index in [1.54, 1.807) is 24.3 Å². The molecule has 0 saturated carbocycles. The summed E-state index contributed by atoms with van der Waals surface area (Å²) in [5.41, 5.74) is 1.75. The molecule has 208 valence electrons. The predicted molar refractivity (Wildman–Crippen MR) is 147 cm³/mol. The Morgan fingerprint density at radius 2 is 1.50 bits per heavy atom. The topological polar surface area (TPSA) is 142 Å². The Kier molecular flexibility index (Phi) is 13.9. The molecule has 0 aliphatic heterocycles. The van der Waals surface area contributed by atoms with E-state index in [0.717, 1.165) is 18.4 Å². The normalized spacial score (nSPS) is 11.6. The first-order chi connectivity index (χ1) is 18.3. The Morgan fingerprint density at radius 3 is 2.08 bits per heavy atom. The molecule has 2 aromatic carbocycles. The summed E-state index contributed by atoms with van der Waals surface area (Å²) in [5, 5.41) is 34.3. The van der Waals surface area contributed by atoms with Crippen molar-refractivity contribution in [1.29, 1.82) is 0 Å². The molecule has 0 spiro atoms. The number of nitrogens with zero attached hydrogens (tertiary/aromatic N) is 1. The molecule has 0 heterocycles. The van der Waals surface area contributed by atoms with Crippen LogP contribution >= 0.6 is 0 Å². The maximum atomic E-state index is 12.7. The third-order valence-electron chi connectivity index (χ3n) is 6.46. The number of benzene rings is 2. The van der Waals surface area contributed by atoms with E-state index in [1.807, 2.05) is 0 Å². The number of rotatable bonds is 17. The van der Waals surface area contributed by atoms with Crippen LogP contribution in [0.2, 0.25) is 0 Å². The summed E-state index contributed by atoms with van der Waals surface area (Å²) in [4.78, 5) is 35.6. The van der Waals surface area contributed by atoms with Crippen LogP contribution in [0.3, 0.4) is 0 Å². The van der Waals surface area contributed by atoms with Gasteiger partial charge in [-0.2, -0.15) is 0 Å². The smallest absolute Gasteiger partial charge is 0.394 e. The van der Waals surface area contributed by atoms with Gasteiger partial charge in [-0.25, -0.2) is 4.79 Å². The molecule has 38 heavy (non-hydrogen) atoms. The van der Waals surface area contributed by atoms with E-state index < -0.39 is 17.9 Å². The summed E-state index contributed by atoms with van der Waals surface area (Å²) in [7, 11) is 0. The zero-order valence-electron chi connectivity index (χ0n) is 22.2. The molecular weight excluding hydrogens is 486 g/mol. The van der Waals surface area contributed by atoms with E-state index in [1.165, 1.54) is 75.6 Å². The quantitative estimate of drug-likeness (QED) is 0.121. The number of carbonyl (C=O) groups excluding carboxylic acids is 2. The van der Waals surface area contributed by atoms with Gasteiger partial charge in [-0.1, -0.05) is 89.0 Å². The SMILES string of the molecule is CCCCCCCCCCCCNC(=O)c1cccc(CC(NC(=O)C(=O)O)c2ccc(N([O-])O)cc2)c1. The number of carboxylic acids is 1. The van der Waals surface area contributed by atoms with Gasteiger partial charge in [0.15, 0.2) is 0 Å². The molecule has 2 rings (SSSR count). The predicted octanol–water partition coefficient (Wildman–Crippen LogP) is 5.52. The Hall–Kier alpha value is -3.43. The molecule has 4 N–H and O–H groups in total. The first kappa shape index (κ1) is 30.8. The Labute approximate surface area is 224 Å². The fourth-order valence-corrected chi connectivity index (χ4v) is 4.30. The lowest BCUT2D eigenvalue weighted by atomic mass is 9.97. The number of hydrogen-bond acceptors (Lipinski definition) is 6. The lowest BCUT2D eigenvalue weighted by Crippen LogP contribution is -2.35. The second-order valence-corrected chi connectivity index (χ2v) is 9.54. The van der Waals surface area contributed by atoms with Crippen LogP contribution in [0.5, 0.6) is 0 Å². The zero-order valence-corrected chi connectivity index (χ0v) is 22.2. The molecular formula is C29H40N3O6-. The number of unbranched alkanes of at least 4 members (excludes halogenated alkanes) is 9. The van der Waals surface area contributed by atoms with E-state index in [-0.39, 0.29) is 23.2 Å². The molecule has 0 aliphatic carbocycles. The van der Waals surface area contributed by atoms with E-state index in [2.05, 4.69) is 17.6 Å². The van der Waals surface area contributed by atoms with Crippen molar-refractivity contribution in [1.82, 2.24) is 10.6 Å². The van der Waals surface area contributed by atoms with Crippen molar-refractivity contribution in [2.24, 2.45) is 0 Å². The van der Waals surface area contributed by atoms with Gasteiger partial charge in [0.05, 0.1) is 11.7 Å². The highest BCUT2D eigenvalue weighted by Gasteiger charge is 2.20. The van der Waals surface area contributed by atoms with Gasteiger partial charge in [0.1, 0.15) is 0 Å². The van der Waals surface area contributed by atoms with Crippen LogP contribution < -0.4 is 15.9 Å². The van der Waals surface area contributed by atoms with Crippen molar-refractivity contribution in [2.75, 3.05) is 11.8 Å². The Bertz CT molecular complexity index is 1010. The van der Waals surface area contributed by atoms with E-state index >= 15 is 0 Å². The Balaban J connectivity index is 1.87. The lowest BCUT2D eigenvalue weighted by Gasteiger charge is -2.23. The molecule has 1 unspecified atom stereocenters. The van der Waals surface area contributed by atoms with Crippen LogP contribution in [-0.2, 0) is 16.0 Å². The van der Waals surface area contributed by atoms with Gasteiger partial charge in [-0.15, -0.1) is 0 Å². The standard InChI is InChI=1S/C29H40N3O6/c1-2-3-4-5-6-7-8-9-10-11-19-30-27(33)24-14-12-13-22(20-24)21-26(31-28(34)29(35)36)23-15-17-25(18-16-23)32(37)38/h12-18,20,26,37H,2-11,19,21H2,1H3,(H,30,33)(H,31,34)(H,35,36)/q-1. The number of nitrogens with one attached hydrogen (secondary N) is 2. The highest BCUT2D eigenvalue weighted by molar-refractivity contribution is 6.31. The van der Waals surface area contributed by atoms with Crippen LogP contribution in [0.25, 0.3) is 0 Å². The van der Waals surface area contributed by atoms with E-state index in [4.69, 9.17) is 10.3 Å². The van der Waals surface area contributed by atoms with E-state index in [0.29, 0.717) is 17.7 Å². The van der Waals surface area contributed by atoms with Gasteiger partial charge in [-0.05, 0) is 48.2 Å². The maximum absolute atomic E-state index is 12.7.